The number of aliphatic carboxylic acids is 1. The lowest BCUT2D eigenvalue weighted by molar-refractivity contribution is -0.135. The molecule has 2 fully saturated rings. The maximum absolute atomic E-state index is 12.9. The number of furan rings is 1. The fourth-order valence-corrected chi connectivity index (χ4v) is 6.13. The van der Waals surface area contributed by atoms with Crippen molar-refractivity contribution in [3.8, 4) is 12.3 Å². The smallest absolute Gasteiger partial charge is 0.300 e. The highest BCUT2D eigenvalue weighted by atomic mass is 16.5. The van der Waals surface area contributed by atoms with Gasteiger partial charge in [-0.15, -0.1) is 6.42 Å². The summed E-state index contributed by atoms with van der Waals surface area (Å²) < 4.78 is 11.7. The molecule has 48 heavy (non-hydrogen) atoms. The molecule has 0 saturated carbocycles. The zero-order valence-electron chi connectivity index (χ0n) is 28.4. The van der Waals surface area contributed by atoms with Crippen molar-refractivity contribution in [2.24, 2.45) is 5.92 Å². The number of fused-ring (bicyclic) bond motifs is 3. The maximum atomic E-state index is 12.9. The lowest BCUT2D eigenvalue weighted by Crippen LogP contribution is -2.51. The van der Waals surface area contributed by atoms with Crippen molar-refractivity contribution in [3.63, 3.8) is 0 Å². The van der Waals surface area contributed by atoms with E-state index in [1.807, 2.05) is 42.2 Å². The minimum Gasteiger partial charge on any atom is -0.481 e. The van der Waals surface area contributed by atoms with Crippen LogP contribution in [0.5, 0.6) is 0 Å². The van der Waals surface area contributed by atoms with Crippen molar-refractivity contribution < 1.29 is 23.8 Å². The van der Waals surface area contributed by atoms with E-state index < -0.39 is 5.97 Å². The van der Waals surface area contributed by atoms with E-state index in [1.54, 1.807) is 6.20 Å². The second-order valence-electron chi connectivity index (χ2n) is 12.6. The Labute approximate surface area is 281 Å². The van der Waals surface area contributed by atoms with Gasteiger partial charge in [-0.25, -0.2) is 9.97 Å². The number of nitrogens with zero attached hydrogens (tertiary/aromatic N) is 3. The van der Waals surface area contributed by atoms with Crippen LogP contribution < -0.4 is 10.9 Å². The van der Waals surface area contributed by atoms with Crippen LogP contribution >= 0.6 is 0 Å². The lowest BCUT2D eigenvalue weighted by atomic mass is 9.68. The standard InChI is InChI=1S/C31H34N4O4.C4H9N.C2H4O2/c1-5-22-17-24(30(37)32-18-22)31(4)13-14-35(19-20(31)2)27(36)11-8-15-38-16-12-26-33-21(3)29-28(34-26)23-9-6-7-10-25(23)39-29;1-2-4-5-3-1;1-2(3)4/h1,6-7,9-10,17-18,20H,8,11-16,19H2,2-4H3,(H,32,37);5H,1-4H2;1H3,(H,3,4). The number of aromatic amines is 1. The number of aryl methyl sites for hydroxylation is 1. The molecule has 2 saturated heterocycles. The Morgan fingerprint density at radius 1 is 1.21 bits per heavy atom. The highest BCUT2D eigenvalue weighted by Gasteiger charge is 2.40. The number of hydrogen-bond acceptors (Lipinski definition) is 8. The largest absolute Gasteiger partial charge is 0.481 e. The summed E-state index contributed by atoms with van der Waals surface area (Å²) in [6.45, 7) is 11.9. The molecule has 6 rings (SSSR count). The molecule has 11 heteroatoms. The number of carboxylic acids is 1. The fourth-order valence-electron chi connectivity index (χ4n) is 6.13. The van der Waals surface area contributed by atoms with Gasteiger partial charge in [-0.3, -0.25) is 14.4 Å². The summed E-state index contributed by atoms with van der Waals surface area (Å²) in [5.74, 6) is 2.73. The maximum Gasteiger partial charge on any atom is 0.300 e. The first kappa shape index (κ1) is 36.3. The van der Waals surface area contributed by atoms with Gasteiger partial charge in [0.15, 0.2) is 5.58 Å². The number of nitrogens with one attached hydrogen (secondary N) is 2. The molecule has 3 N–H and O–H groups in total. The van der Waals surface area contributed by atoms with Crippen LogP contribution in [-0.4, -0.2) is 76.2 Å². The first-order chi connectivity index (χ1) is 23.0. The average molecular weight is 658 g/mol. The van der Waals surface area contributed by atoms with Crippen LogP contribution in [0.25, 0.3) is 22.1 Å². The van der Waals surface area contributed by atoms with E-state index in [9.17, 15) is 9.59 Å². The number of pyridine rings is 1. The highest BCUT2D eigenvalue weighted by molar-refractivity contribution is 6.02. The molecule has 0 aliphatic carbocycles. The second-order valence-corrected chi connectivity index (χ2v) is 12.6. The molecule has 2 aliphatic rings. The molecule has 2 aliphatic heterocycles. The van der Waals surface area contributed by atoms with Crippen molar-refractivity contribution in [2.75, 3.05) is 39.4 Å². The number of H-pyrrole nitrogens is 1. The van der Waals surface area contributed by atoms with E-state index in [-0.39, 0.29) is 22.8 Å². The number of benzene rings is 1. The number of ether oxygens (including phenoxy) is 1. The van der Waals surface area contributed by atoms with Crippen molar-refractivity contribution in [2.45, 2.75) is 71.6 Å². The molecule has 2 unspecified atom stereocenters. The van der Waals surface area contributed by atoms with Crippen molar-refractivity contribution in [1.82, 2.24) is 25.2 Å². The van der Waals surface area contributed by atoms with Crippen LogP contribution in [-0.2, 0) is 26.2 Å². The third kappa shape index (κ3) is 9.30. The number of terminal acetylenes is 1. The van der Waals surface area contributed by atoms with Gasteiger partial charge in [-0.2, -0.15) is 0 Å². The van der Waals surface area contributed by atoms with Gasteiger partial charge in [-0.1, -0.05) is 31.9 Å². The predicted molar refractivity (Wildman–Crippen MR) is 186 cm³/mol. The van der Waals surface area contributed by atoms with Gasteiger partial charge in [0.2, 0.25) is 5.91 Å². The number of likely N-dealkylation sites (tertiary alicyclic amines) is 1. The Kier molecular flexibility index (Phi) is 12.9. The van der Waals surface area contributed by atoms with E-state index in [0.717, 1.165) is 40.5 Å². The van der Waals surface area contributed by atoms with Crippen molar-refractivity contribution in [3.05, 3.63) is 69.5 Å². The van der Waals surface area contributed by atoms with E-state index in [0.29, 0.717) is 63.1 Å². The van der Waals surface area contributed by atoms with Crippen molar-refractivity contribution >= 4 is 33.9 Å². The van der Waals surface area contributed by atoms with Crippen LogP contribution in [0, 0.1) is 25.2 Å². The van der Waals surface area contributed by atoms with Gasteiger partial charge in [0.25, 0.3) is 11.5 Å². The summed E-state index contributed by atoms with van der Waals surface area (Å²) in [6.07, 6.45) is 12.3. The molecular weight excluding hydrogens is 610 g/mol. The highest BCUT2D eigenvalue weighted by Crippen LogP contribution is 2.38. The zero-order valence-corrected chi connectivity index (χ0v) is 28.4. The minimum atomic E-state index is -0.833. The molecule has 4 aromatic rings. The summed E-state index contributed by atoms with van der Waals surface area (Å²) in [7, 11) is 0. The number of carboxylic acid groups (broad SMARTS) is 1. The second kappa shape index (κ2) is 17.0. The zero-order chi connectivity index (χ0) is 34.7. The Hall–Kier alpha value is -4.53. The molecule has 0 spiro atoms. The molecule has 11 nitrogen and oxygen atoms in total. The Morgan fingerprint density at radius 2 is 1.94 bits per heavy atom. The summed E-state index contributed by atoms with van der Waals surface area (Å²) in [5, 5.41) is 11.6. The molecule has 5 heterocycles. The molecular formula is C37H47N5O6. The van der Waals surface area contributed by atoms with Gasteiger partial charge < -0.3 is 29.5 Å². The normalized spacial score (nSPS) is 18.8. The van der Waals surface area contributed by atoms with Gasteiger partial charge in [0.05, 0.1) is 12.3 Å². The molecule has 0 radical (unpaired) electrons. The summed E-state index contributed by atoms with van der Waals surface area (Å²) >= 11 is 0. The number of para-hydroxylation sites is 1. The van der Waals surface area contributed by atoms with Crippen LogP contribution in [0.1, 0.15) is 75.5 Å². The SMILES string of the molecule is C#Cc1c[nH]c(=O)c(C2(C)CCN(C(=O)CCCOCCc3nc(C)c4oc5ccccc5c4n3)CC2C)c1.C1CCNC1.CC(=O)O. The van der Waals surface area contributed by atoms with Gasteiger partial charge in [0, 0.05) is 67.6 Å². The quantitative estimate of drug-likeness (QED) is 0.176. The summed E-state index contributed by atoms with van der Waals surface area (Å²) in [6, 6.07) is 9.67. The lowest BCUT2D eigenvalue weighted by Gasteiger charge is -2.44. The number of amides is 1. The fraction of sp³-hybridized carbons (Fsp3) is 0.486. The minimum absolute atomic E-state index is 0.112. The van der Waals surface area contributed by atoms with Crippen molar-refractivity contribution in [1.29, 1.82) is 0 Å². The molecule has 3 aromatic heterocycles. The van der Waals surface area contributed by atoms with E-state index in [1.165, 1.54) is 25.9 Å². The Balaban J connectivity index is 0.000000506. The van der Waals surface area contributed by atoms with Gasteiger partial charge in [-0.05, 0) is 69.8 Å². The van der Waals surface area contributed by atoms with Crippen LogP contribution in [0.4, 0.5) is 0 Å². The summed E-state index contributed by atoms with van der Waals surface area (Å²) in [5.41, 5.74) is 4.09. The number of aromatic nitrogens is 3. The summed E-state index contributed by atoms with van der Waals surface area (Å²) in [4.78, 5) is 48.4. The number of rotatable bonds is 8. The molecule has 256 valence electrons. The van der Waals surface area contributed by atoms with E-state index in [2.05, 4.69) is 35.1 Å². The first-order valence-corrected chi connectivity index (χ1v) is 16.6. The molecule has 2 atom stereocenters. The Morgan fingerprint density at radius 3 is 2.60 bits per heavy atom. The van der Waals surface area contributed by atoms with Gasteiger partial charge in [0.1, 0.15) is 16.9 Å². The van der Waals surface area contributed by atoms with Gasteiger partial charge >= 0.3 is 0 Å². The number of carbonyl (C=O) groups excluding carboxylic acids is 1. The number of carbonyl (C=O) groups is 2. The van der Waals surface area contributed by atoms with Crippen LogP contribution in [0.15, 0.2) is 45.7 Å². The molecule has 0 bridgehead atoms. The Bertz CT molecular complexity index is 1790. The van der Waals surface area contributed by atoms with Crippen LogP contribution in [0.2, 0.25) is 0 Å². The monoisotopic (exact) mass is 657 g/mol. The molecule has 1 aromatic carbocycles. The predicted octanol–water partition coefficient (Wildman–Crippen LogP) is 4.98. The topological polar surface area (TPSA) is 151 Å². The third-order valence-corrected chi connectivity index (χ3v) is 9.06. The van der Waals surface area contributed by atoms with E-state index >= 15 is 0 Å². The van der Waals surface area contributed by atoms with E-state index in [4.69, 9.17) is 30.5 Å². The first-order valence-electron chi connectivity index (χ1n) is 16.6. The number of piperidine rings is 1. The van der Waals surface area contributed by atoms with Crippen LogP contribution in [0.3, 0.4) is 0 Å². The average Bonchev–Trinajstić information content (AvgIpc) is 3.77. The third-order valence-electron chi connectivity index (χ3n) is 9.06. The molecule has 1 amide bonds. The number of hydrogen-bond donors (Lipinski definition) is 3.